The minimum absolute atomic E-state index is 0.137. The number of anilines is 2. The Kier molecular flexibility index (Phi) is 7.57. The number of nitrogens with one attached hydrogen (secondary N) is 2. The molecule has 3 aromatic rings. The Hall–Kier alpha value is -3.44. The second-order valence-electron chi connectivity index (χ2n) is 7.69. The van der Waals surface area contributed by atoms with Crippen molar-refractivity contribution in [2.45, 2.75) is 33.2 Å². The van der Waals surface area contributed by atoms with Crippen molar-refractivity contribution >= 4 is 23.2 Å². The third kappa shape index (κ3) is 6.03. The Morgan fingerprint density at radius 3 is 2.32 bits per heavy atom. The molecule has 0 aliphatic heterocycles. The summed E-state index contributed by atoms with van der Waals surface area (Å²) in [6, 6.07) is 22.7. The van der Waals surface area contributed by atoms with Gasteiger partial charge in [-0.3, -0.25) is 9.59 Å². The molecule has 1 atom stereocenters. The fraction of sp³-hybridized carbons (Fsp3) is 0.231. The summed E-state index contributed by atoms with van der Waals surface area (Å²) < 4.78 is 0. The molecule has 4 N–H and O–H groups in total. The first-order valence-corrected chi connectivity index (χ1v) is 10.6. The second kappa shape index (κ2) is 10.5. The van der Waals surface area contributed by atoms with Crippen LogP contribution < -0.4 is 16.0 Å². The van der Waals surface area contributed by atoms with Crippen molar-refractivity contribution in [1.29, 1.82) is 0 Å². The first-order valence-electron chi connectivity index (χ1n) is 10.6. The number of carbonyl (C=O) groups excluding carboxylic acids is 2. The molecule has 5 nitrogen and oxygen atoms in total. The van der Waals surface area contributed by atoms with Crippen molar-refractivity contribution in [3.63, 3.8) is 0 Å². The molecule has 0 aliphatic carbocycles. The van der Waals surface area contributed by atoms with E-state index in [-0.39, 0.29) is 18.4 Å². The molecule has 3 rings (SSSR count). The van der Waals surface area contributed by atoms with Crippen LogP contribution in [0.25, 0.3) is 0 Å². The van der Waals surface area contributed by atoms with Gasteiger partial charge in [-0.2, -0.15) is 0 Å². The van der Waals surface area contributed by atoms with E-state index in [1.807, 2.05) is 86.6 Å². The molecule has 2 amide bonds. The summed E-state index contributed by atoms with van der Waals surface area (Å²) in [5.74, 6) is -0.289. The molecule has 0 saturated carbocycles. The highest BCUT2D eigenvalue weighted by atomic mass is 16.2. The standard InChI is InChI=1S/C26H29N3O2/c1-4-20-10-8-9-13-22(20)28-24(30)17-27-25(21-11-6-5-7-12-21)26(31)29-23-16-18(2)14-15-19(23)3/h5-16,25,27H,4,17H2,1-3H3,(H,28,30)(H,29,31)/p+1/t25-/m1/s1. The van der Waals surface area contributed by atoms with Crippen molar-refractivity contribution < 1.29 is 14.9 Å². The zero-order valence-corrected chi connectivity index (χ0v) is 18.3. The lowest BCUT2D eigenvalue weighted by Gasteiger charge is -2.17. The number of quaternary nitrogens is 1. The highest BCUT2D eigenvalue weighted by Crippen LogP contribution is 2.19. The summed E-state index contributed by atoms with van der Waals surface area (Å²) in [5.41, 5.74) is 5.63. The molecule has 0 unspecified atom stereocenters. The van der Waals surface area contributed by atoms with Gasteiger partial charge in [-0.25, -0.2) is 0 Å². The molecule has 0 aliphatic rings. The third-order valence-corrected chi connectivity index (χ3v) is 5.30. The second-order valence-corrected chi connectivity index (χ2v) is 7.69. The molecule has 0 bridgehead atoms. The van der Waals surface area contributed by atoms with E-state index in [4.69, 9.17) is 0 Å². The zero-order valence-electron chi connectivity index (χ0n) is 18.3. The van der Waals surface area contributed by atoms with Crippen molar-refractivity contribution in [3.05, 3.63) is 95.1 Å². The van der Waals surface area contributed by atoms with E-state index in [1.54, 1.807) is 5.32 Å². The largest absolute Gasteiger partial charge is 0.324 e. The van der Waals surface area contributed by atoms with Crippen LogP contribution in [0.1, 0.15) is 35.2 Å². The van der Waals surface area contributed by atoms with Gasteiger partial charge in [0, 0.05) is 16.9 Å². The highest BCUT2D eigenvalue weighted by Gasteiger charge is 2.25. The van der Waals surface area contributed by atoms with Crippen molar-refractivity contribution in [2.75, 3.05) is 17.2 Å². The fourth-order valence-corrected chi connectivity index (χ4v) is 3.51. The zero-order chi connectivity index (χ0) is 22.2. The SMILES string of the molecule is CCc1ccccc1NC(=O)C[NH2+][C@@H](C(=O)Nc1cc(C)ccc1C)c1ccccc1. The molecule has 5 heteroatoms. The molecular weight excluding hydrogens is 386 g/mol. The minimum atomic E-state index is -0.534. The van der Waals surface area contributed by atoms with Gasteiger partial charge in [0.05, 0.1) is 0 Å². The van der Waals surface area contributed by atoms with Crippen molar-refractivity contribution in [2.24, 2.45) is 0 Å². The van der Waals surface area contributed by atoms with Crippen LogP contribution in [0.3, 0.4) is 0 Å². The maximum atomic E-state index is 13.2. The molecule has 0 heterocycles. The normalized spacial score (nSPS) is 11.6. The van der Waals surface area contributed by atoms with Gasteiger partial charge >= 0.3 is 0 Å². The molecule has 0 aromatic heterocycles. The van der Waals surface area contributed by atoms with E-state index >= 15 is 0 Å². The number of para-hydroxylation sites is 1. The Labute approximate surface area is 183 Å². The van der Waals surface area contributed by atoms with Gasteiger partial charge in [-0.05, 0) is 49.1 Å². The summed E-state index contributed by atoms with van der Waals surface area (Å²) in [7, 11) is 0. The fourth-order valence-electron chi connectivity index (χ4n) is 3.51. The van der Waals surface area contributed by atoms with Crippen LogP contribution in [-0.4, -0.2) is 18.4 Å². The maximum Gasteiger partial charge on any atom is 0.287 e. The van der Waals surface area contributed by atoms with Gasteiger partial charge in [-0.15, -0.1) is 0 Å². The average Bonchev–Trinajstić information content (AvgIpc) is 2.77. The smallest absolute Gasteiger partial charge is 0.287 e. The Morgan fingerprint density at radius 1 is 0.871 bits per heavy atom. The van der Waals surface area contributed by atoms with E-state index in [1.165, 1.54) is 0 Å². The van der Waals surface area contributed by atoms with Crippen LogP contribution in [0, 0.1) is 13.8 Å². The first kappa shape index (κ1) is 22.2. The number of hydrogen-bond acceptors (Lipinski definition) is 2. The average molecular weight is 417 g/mol. The highest BCUT2D eigenvalue weighted by molar-refractivity contribution is 5.96. The summed E-state index contributed by atoms with van der Waals surface area (Å²) in [6.45, 7) is 6.15. The number of nitrogens with two attached hydrogens (primary N) is 1. The molecule has 0 spiro atoms. The van der Waals surface area contributed by atoms with Crippen LogP contribution in [0.2, 0.25) is 0 Å². The van der Waals surface area contributed by atoms with E-state index in [9.17, 15) is 9.59 Å². The molecule has 3 aromatic carbocycles. The number of carbonyl (C=O) groups is 2. The minimum Gasteiger partial charge on any atom is -0.324 e. The van der Waals surface area contributed by atoms with Crippen LogP contribution in [0.15, 0.2) is 72.8 Å². The molecule has 160 valence electrons. The van der Waals surface area contributed by atoms with Crippen LogP contribution >= 0.6 is 0 Å². The van der Waals surface area contributed by atoms with Gasteiger partial charge in [0.25, 0.3) is 11.8 Å². The molecule has 31 heavy (non-hydrogen) atoms. The van der Waals surface area contributed by atoms with Crippen molar-refractivity contribution in [1.82, 2.24) is 0 Å². The molecule has 0 radical (unpaired) electrons. The number of amides is 2. The van der Waals surface area contributed by atoms with E-state index < -0.39 is 6.04 Å². The van der Waals surface area contributed by atoms with E-state index in [0.717, 1.165) is 40.0 Å². The van der Waals surface area contributed by atoms with Gasteiger partial charge in [0.1, 0.15) is 0 Å². The number of aryl methyl sites for hydroxylation is 3. The monoisotopic (exact) mass is 416 g/mol. The number of hydrogen-bond donors (Lipinski definition) is 3. The molecule has 0 saturated heterocycles. The van der Waals surface area contributed by atoms with Gasteiger partial charge < -0.3 is 16.0 Å². The van der Waals surface area contributed by atoms with E-state index in [0.29, 0.717) is 0 Å². The Bertz CT molecular complexity index is 1050. The third-order valence-electron chi connectivity index (χ3n) is 5.30. The number of benzene rings is 3. The molecule has 0 fully saturated rings. The van der Waals surface area contributed by atoms with Crippen LogP contribution in [-0.2, 0) is 16.0 Å². The lowest BCUT2D eigenvalue weighted by atomic mass is 10.1. The lowest BCUT2D eigenvalue weighted by molar-refractivity contribution is -0.671. The van der Waals surface area contributed by atoms with E-state index in [2.05, 4.69) is 17.6 Å². The van der Waals surface area contributed by atoms with Gasteiger partial charge in [0.2, 0.25) is 0 Å². The molecular formula is C26H30N3O2+. The summed E-state index contributed by atoms with van der Waals surface area (Å²) in [4.78, 5) is 25.8. The maximum absolute atomic E-state index is 13.2. The Balaban J connectivity index is 1.73. The number of rotatable bonds is 8. The van der Waals surface area contributed by atoms with Gasteiger partial charge in [0.15, 0.2) is 12.6 Å². The Morgan fingerprint density at radius 2 is 1.58 bits per heavy atom. The first-order chi connectivity index (χ1) is 15.0. The van der Waals surface area contributed by atoms with Crippen LogP contribution in [0.5, 0.6) is 0 Å². The topological polar surface area (TPSA) is 74.8 Å². The summed E-state index contributed by atoms with van der Waals surface area (Å²) in [5, 5.41) is 7.79. The van der Waals surface area contributed by atoms with Gasteiger partial charge in [-0.1, -0.05) is 67.6 Å². The predicted octanol–water partition coefficient (Wildman–Crippen LogP) is 3.75. The predicted molar refractivity (Wildman–Crippen MR) is 125 cm³/mol. The van der Waals surface area contributed by atoms with Crippen molar-refractivity contribution in [3.8, 4) is 0 Å². The quantitative estimate of drug-likeness (QED) is 0.523. The lowest BCUT2D eigenvalue weighted by Crippen LogP contribution is -2.89. The van der Waals surface area contributed by atoms with Crippen LogP contribution in [0.4, 0.5) is 11.4 Å². The summed E-state index contributed by atoms with van der Waals surface area (Å²) in [6.07, 6.45) is 0.838. The summed E-state index contributed by atoms with van der Waals surface area (Å²) >= 11 is 0.